The zero-order valence-corrected chi connectivity index (χ0v) is 31.7. The average molecular weight is 759 g/mol. The minimum absolute atomic E-state index is 0.137. The molecule has 1 saturated carbocycles. The number of aliphatic hydroxyl groups excluding tert-OH is 5. The first-order valence-electron chi connectivity index (χ1n) is 18.6. The van der Waals surface area contributed by atoms with Gasteiger partial charge in [-0.05, 0) is 38.5 Å². The minimum atomic E-state index is -5.13. The molecular weight excluding hydrogens is 695 g/mol. The molecule has 0 bridgehead atoms. The van der Waals surface area contributed by atoms with Gasteiger partial charge in [0.2, 0.25) is 0 Å². The molecule has 6 N–H and O–H groups in total. The van der Waals surface area contributed by atoms with E-state index in [1.165, 1.54) is 19.3 Å². The Morgan fingerprint density at radius 3 is 1.60 bits per heavy atom. The summed E-state index contributed by atoms with van der Waals surface area (Å²) in [6.07, 6.45) is 19.2. The van der Waals surface area contributed by atoms with Crippen LogP contribution in [0.4, 0.5) is 0 Å². The molecule has 0 radical (unpaired) electrons. The van der Waals surface area contributed by atoms with Crippen LogP contribution in [-0.4, -0.2) is 98.3 Å². The Morgan fingerprint density at radius 1 is 0.615 bits per heavy atom. The summed E-state index contributed by atoms with van der Waals surface area (Å²) in [5.74, 6) is -1.26. The maximum atomic E-state index is 12.7. The molecule has 1 aliphatic rings. The van der Waals surface area contributed by atoms with Crippen LogP contribution in [-0.2, 0) is 32.7 Å². The van der Waals surface area contributed by atoms with Crippen LogP contribution in [0.2, 0.25) is 0 Å². The summed E-state index contributed by atoms with van der Waals surface area (Å²) in [7, 11) is -5.13. The van der Waals surface area contributed by atoms with Crippen LogP contribution in [0.1, 0.15) is 110 Å². The van der Waals surface area contributed by atoms with Gasteiger partial charge in [-0.2, -0.15) is 0 Å². The monoisotopic (exact) mass is 758 g/mol. The molecule has 0 heterocycles. The fourth-order valence-corrected chi connectivity index (χ4v) is 6.10. The lowest BCUT2D eigenvalue weighted by molar-refractivity contribution is -0.220. The number of rotatable bonds is 28. The van der Waals surface area contributed by atoms with Crippen LogP contribution >= 0.6 is 7.82 Å². The molecule has 1 rings (SSSR count). The smallest absolute Gasteiger partial charge is 0.462 e. The summed E-state index contributed by atoms with van der Waals surface area (Å²) in [5.41, 5.74) is 0. The van der Waals surface area contributed by atoms with E-state index in [1.54, 1.807) is 12.2 Å². The lowest BCUT2D eigenvalue weighted by atomic mass is 9.85. The highest BCUT2D eigenvalue weighted by Gasteiger charge is 2.51. The third-order valence-corrected chi connectivity index (χ3v) is 9.14. The molecule has 1 fully saturated rings. The van der Waals surface area contributed by atoms with Crippen molar-refractivity contribution in [3.63, 3.8) is 0 Å². The lowest BCUT2D eigenvalue weighted by Gasteiger charge is -2.41. The number of carbonyl (C=O) groups is 2. The van der Waals surface area contributed by atoms with Crippen molar-refractivity contribution < 1.29 is 63.1 Å². The SMILES string of the molecule is CC/C=C\C/C=C\C/C=C\C/C=C\C/C=C\CC(=O)OC(COC(=O)CCCCCCCCCC)COP(=O)(O)OC1C(O)C(O)C(O)C(O)C1O. The molecule has 14 heteroatoms. The summed E-state index contributed by atoms with van der Waals surface area (Å²) < 4.78 is 33.1. The van der Waals surface area contributed by atoms with Gasteiger partial charge in [-0.15, -0.1) is 0 Å². The summed E-state index contributed by atoms with van der Waals surface area (Å²) >= 11 is 0. The van der Waals surface area contributed by atoms with Crippen molar-refractivity contribution in [2.24, 2.45) is 0 Å². The molecule has 0 aromatic carbocycles. The van der Waals surface area contributed by atoms with Crippen molar-refractivity contribution in [3.05, 3.63) is 60.8 Å². The third kappa shape index (κ3) is 21.9. The van der Waals surface area contributed by atoms with Crippen molar-refractivity contribution in [3.8, 4) is 0 Å². The maximum absolute atomic E-state index is 12.7. The number of unbranched alkanes of at least 4 members (excludes halogenated alkanes) is 7. The van der Waals surface area contributed by atoms with Gasteiger partial charge in [0.1, 0.15) is 43.2 Å². The van der Waals surface area contributed by atoms with Gasteiger partial charge in [0.15, 0.2) is 6.10 Å². The van der Waals surface area contributed by atoms with Crippen LogP contribution in [0, 0.1) is 0 Å². The normalized spacial score (nSPS) is 24.4. The van der Waals surface area contributed by atoms with Gasteiger partial charge in [-0.3, -0.25) is 18.6 Å². The van der Waals surface area contributed by atoms with Gasteiger partial charge >= 0.3 is 19.8 Å². The highest BCUT2D eigenvalue weighted by molar-refractivity contribution is 7.47. The Hall–Kier alpha value is -2.45. The first-order valence-corrected chi connectivity index (χ1v) is 20.1. The second-order valence-corrected chi connectivity index (χ2v) is 14.1. The molecular formula is C38H63O13P. The summed E-state index contributed by atoms with van der Waals surface area (Å²) in [6.45, 7) is 3.01. The van der Waals surface area contributed by atoms with Crippen molar-refractivity contribution in [1.82, 2.24) is 0 Å². The molecule has 1 aliphatic carbocycles. The fourth-order valence-electron chi connectivity index (χ4n) is 5.12. The molecule has 0 aliphatic heterocycles. The second kappa shape index (κ2) is 29.0. The first kappa shape index (κ1) is 47.6. The minimum Gasteiger partial charge on any atom is -0.462 e. The second-order valence-electron chi connectivity index (χ2n) is 12.7. The molecule has 0 aromatic rings. The van der Waals surface area contributed by atoms with Crippen molar-refractivity contribution in [2.75, 3.05) is 13.2 Å². The molecule has 6 atom stereocenters. The number of hydrogen-bond acceptors (Lipinski definition) is 12. The number of carbonyl (C=O) groups excluding carboxylic acids is 2. The third-order valence-electron chi connectivity index (χ3n) is 8.16. The molecule has 0 aromatic heterocycles. The molecule has 13 nitrogen and oxygen atoms in total. The van der Waals surface area contributed by atoms with Gasteiger partial charge in [0, 0.05) is 6.42 Å². The quantitative estimate of drug-likeness (QED) is 0.0255. The van der Waals surface area contributed by atoms with E-state index in [4.69, 9.17) is 18.5 Å². The summed E-state index contributed by atoms with van der Waals surface area (Å²) in [5, 5.41) is 49.8. The van der Waals surface area contributed by atoms with E-state index in [9.17, 15) is 44.6 Å². The Bertz CT molecular complexity index is 1150. The van der Waals surface area contributed by atoms with E-state index < -0.39 is 75.7 Å². The van der Waals surface area contributed by atoms with Crippen LogP contribution in [0.3, 0.4) is 0 Å². The zero-order chi connectivity index (χ0) is 38.6. The highest BCUT2D eigenvalue weighted by Crippen LogP contribution is 2.47. The molecule has 0 amide bonds. The van der Waals surface area contributed by atoms with E-state index in [0.29, 0.717) is 12.8 Å². The Kier molecular flexibility index (Phi) is 26.5. The average Bonchev–Trinajstić information content (AvgIpc) is 3.12. The van der Waals surface area contributed by atoms with Gasteiger partial charge in [0.05, 0.1) is 13.0 Å². The van der Waals surface area contributed by atoms with Crippen molar-refractivity contribution in [1.29, 1.82) is 0 Å². The van der Waals surface area contributed by atoms with E-state index in [1.807, 2.05) is 12.2 Å². The van der Waals surface area contributed by atoms with Gasteiger partial charge in [-0.1, -0.05) is 120 Å². The molecule has 298 valence electrons. The largest absolute Gasteiger partial charge is 0.472 e. The standard InChI is InChI=1S/C38H63O13P/c1-3-5-7-9-11-13-14-15-16-17-18-19-21-23-25-27-32(40)50-30(28-48-31(39)26-24-22-20-12-10-8-6-4-2)29-49-52(46,47)51-38-36(44)34(42)33(41)35(43)37(38)45/h5,7,11,13,15-16,18-19,23,25,30,33-38,41-45H,3-4,6,8-10,12,14,17,20-22,24,26-29H2,1-2H3,(H,46,47)/b7-5-,13-11-,16-15-,19-18-,25-23-. The number of hydrogen-bond donors (Lipinski definition) is 6. The van der Waals surface area contributed by atoms with Gasteiger partial charge in [-0.25, -0.2) is 4.57 Å². The van der Waals surface area contributed by atoms with E-state index >= 15 is 0 Å². The molecule has 0 spiro atoms. The molecule has 0 saturated heterocycles. The number of aliphatic hydroxyl groups is 5. The van der Waals surface area contributed by atoms with Crippen LogP contribution < -0.4 is 0 Å². The molecule has 6 unspecified atom stereocenters. The first-order chi connectivity index (χ1) is 24.9. The maximum Gasteiger partial charge on any atom is 0.472 e. The molecule has 52 heavy (non-hydrogen) atoms. The predicted molar refractivity (Wildman–Crippen MR) is 198 cm³/mol. The van der Waals surface area contributed by atoms with E-state index in [-0.39, 0.29) is 12.8 Å². The van der Waals surface area contributed by atoms with Crippen LogP contribution in [0.5, 0.6) is 0 Å². The summed E-state index contributed by atoms with van der Waals surface area (Å²) in [4.78, 5) is 35.2. The Morgan fingerprint density at radius 2 is 1.08 bits per heavy atom. The number of esters is 2. The fraction of sp³-hybridized carbons (Fsp3) is 0.684. The highest BCUT2D eigenvalue weighted by atomic mass is 31.2. The van der Waals surface area contributed by atoms with Crippen LogP contribution in [0.25, 0.3) is 0 Å². The van der Waals surface area contributed by atoms with Crippen molar-refractivity contribution in [2.45, 2.75) is 153 Å². The summed E-state index contributed by atoms with van der Waals surface area (Å²) in [6, 6.07) is 0. The van der Waals surface area contributed by atoms with Crippen molar-refractivity contribution >= 4 is 19.8 Å². The number of phosphoric ester groups is 1. The van der Waals surface area contributed by atoms with E-state index in [2.05, 4.69) is 50.3 Å². The lowest BCUT2D eigenvalue weighted by Crippen LogP contribution is -2.64. The number of allylic oxidation sites excluding steroid dienone is 9. The Balaban J connectivity index is 2.64. The number of phosphoric acid groups is 1. The van der Waals surface area contributed by atoms with Gasteiger partial charge < -0.3 is 39.9 Å². The zero-order valence-electron chi connectivity index (χ0n) is 30.8. The predicted octanol–water partition coefficient (Wildman–Crippen LogP) is 5.43. The number of ether oxygens (including phenoxy) is 2. The van der Waals surface area contributed by atoms with E-state index in [0.717, 1.165) is 51.4 Å². The topological polar surface area (TPSA) is 210 Å². The Labute approximate surface area is 309 Å². The van der Waals surface area contributed by atoms with Crippen LogP contribution in [0.15, 0.2) is 60.8 Å². The van der Waals surface area contributed by atoms with Gasteiger partial charge in [0.25, 0.3) is 0 Å².